The third kappa shape index (κ3) is 5.48. The maximum Gasteiger partial charge on any atom is 0.229 e. The molecule has 1 aliphatic heterocycles. The normalized spacial score (nSPS) is 27.4. The van der Waals surface area contributed by atoms with E-state index >= 15 is 0 Å². The average molecular weight is 515 g/mol. The quantitative estimate of drug-likeness (QED) is 0.345. The highest BCUT2D eigenvalue weighted by Gasteiger charge is 2.52. The fourth-order valence-corrected chi connectivity index (χ4v) is 6.40. The Kier molecular flexibility index (Phi) is 7.71. The van der Waals surface area contributed by atoms with Gasteiger partial charge in [0, 0.05) is 22.0 Å². The average Bonchev–Trinajstić information content (AvgIpc) is 3.67. The number of aliphatic hydroxyl groups is 1. The van der Waals surface area contributed by atoms with Gasteiger partial charge < -0.3 is 10.0 Å². The molecule has 5 heteroatoms. The number of allylic oxidation sites excluding steroid dienone is 1. The summed E-state index contributed by atoms with van der Waals surface area (Å²) in [6, 6.07) is 15.6. The number of nitrogens with zero attached hydrogens (tertiary/aromatic N) is 1. The van der Waals surface area contributed by atoms with Crippen LogP contribution >= 0.6 is 23.2 Å². The molecule has 1 aliphatic carbocycles. The summed E-state index contributed by atoms with van der Waals surface area (Å²) < 4.78 is 0. The molecule has 1 heterocycles. The van der Waals surface area contributed by atoms with Crippen molar-refractivity contribution in [2.24, 2.45) is 11.3 Å². The molecule has 188 valence electrons. The zero-order valence-electron chi connectivity index (χ0n) is 21.0. The van der Waals surface area contributed by atoms with Crippen LogP contribution in [0.25, 0.3) is 0 Å². The number of halogens is 2. The number of benzene rings is 2. The monoisotopic (exact) mass is 513 g/mol. The predicted octanol–water partition coefficient (Wildman–Crippen LogP) is 7.96. The van der Waals surface area contributed by atoms with Gasteiger partial charge in [-0.25, -0.2) is 0 Å². The molecule has 1 saturated heterocycles. The maximum absolute atomic E-state index is 14.3. The van der Waals surface area contributed by atoms with Crippen molar-refractivity contribution < 1.29 is 9.90 Å². The van der Waals surface area contributed by atoms with E-state index in [1.807, 2.05) is 55.5 Å². The summed E-state index contributed by atoms with van der Waals surface area (Å²) in [6.07, 6.45) is 6.59. The van der Waals surface area contributed by atoms with Crippen molar-refractivity contribution in [2.75, 3.05) is 0 Å². The van der Waals surface area contributed by atoms with Crippen molar-refractivity contribution in [2.45, 2.75) is 82.9 Å². The van der Waals surface area contributed by atoms with Gasteiger partial charge in [-0.15, -0.1) is 6.58 Å². The molecule has 35 heavy (non-hydrogen) atoms. The number of carbonyl (C=O) groups excluding carboxylic acids is 1. The molecule has 0 radical (unpaired) electrons. The molecule has 0 aromatic heterocycles. The highest BCUT2D eigenvalue weighted by Crippen LogP contribution is 2.53. The highest BCUT2D eigenvalue weighted by molar-refractivity contribution is 6.30. The minimum absolute atomic E-state index is 0.0393. The standard InChI is InChI=1S/C30H37Cl2NO2/c1-5-16-29(3)19-26(21-8-7-9-24(32)17-21)27(20-10-14-23(31)15-11-20)33(28(29)34)25(6-2)18-30(4,35)22-12-13-22/h5,7-11,14-15,17,22,25-27,35H,1,6,12-13,16,18-19H2,2-4H3/t25?,26-,27-,29+,30+/m1/s1. The molecule has 1 N–H and O–H groups in total. The second-order valence-electron chi connectivity index (χ2n) is 11.0. The van der Waals surface area contributed by atoms with Crippen molar-refractivity contribution in [3.63, 3.8) is 0 Å². The Balaban J connectivity index is 1.87. The minimum atomic E-state index is -0.788. The van der Waals surface area contributed by atoms with E-state index in [1.165, 1.54) is 0 Å². The van der Waals surface area contributed by atoms with E-state index < -0.39 is 11.0 Å². The lowest BCUT2D eigenvalue weighted by Gasteiger charge is -2.53. The highest BCUT2D eigenvalue weighted by atomic mass is 35.5. The van der Waals surface area contributed by atoms with Gasteiger partial charge in [-0.05, 0) is 86.8 Å². The molecule has 1 amide bonds. The Bertz CT molecular complexity index is 1060. The summed E-state index contributed by atoms with van der Waals surface area (Å²) in [5.74, 6) is 0.486. The molecule has 0 bridgehead atoms. The topological polar surface area (TPSA) is 40.5 Å². The lowest BCUT2D eigenvalue weighted by Crippen LogP contribution is -2.56. The van der Waals surface area contributed by atoms with E-state index in [0.717, 1.165) is 30.4 Å². The lowest BCUT2D eigenvalue weighted by molar-refractivity contribution is -0.156. The first-order valence-corrected chi connectivity index (χ1v) is 13.5. The molecule has 2 aromatic carbocycles. The summed E-state index contributed by atoms with van der Waals surface area (Å²) >= 11 is 12.7. The zero-order chi connectivity index (χ0) is 25.4. The second-order valence-corrected chi connectivity index (χ2v) is 11.9. The number of carbonyl (C=O) groups is 1. The number of hydrogen-bond donors (Lipinski definition) is 1. The van der Waals surface area contributed by atoms with Crippen LogP contribution in [0, 0.1) is 11.3 Å². The Morgan fingerprint density at radius 2 is 1.86 bits per heavy atom. The summed E-state index contributed by atoms with van der Waals surface area (Å²) in [4.78, 5) is 16.4. The van der Waals surface area contributed by atoms with Crippen LogP contribution in [-0.2, 0) is 4.79 Å². The van der Waals surface area contributed by atoms with Crippen molar-refractivity contribution in [3.05, 3.63) is 82.4 Å². The van der Waals surface area contributed by atoms with E-state index in [0.29, 0.717) is 35.2 Å². The number of rotatable bonds is 9. The van der Waals surface area contributed by atoms with Crippen LogP contribution in [-0.4, -0.2) is 27.6 Å². The van der Waals surface area contributed by atoms with Crippen LogP contribution < -0.4 is 0 Å². The maximum atomic E-state index is 14.3. The van der Waals surface area contributed by atoms with Gasteiger partial charge in [-0.3, -0.25) is 4.79 Å². The van der Waals surface area contributed by atoms with Crippen molar-refractivity contribution >= 4 is 29.1 Å². The molecule has 1 unspecified atom stereocenters. The van der Waals surface area contributed by atoms with Gasteiger partial charge in [0.05, 0.1) is 17.1 Å². The van der Waals surface area contributed by atoms with Crippen molar-refractivity contribution in [1.29, 1.82) is 0 Å². The van der Waals surface area contributed by atoms with Gasteiger partial charge in [0.15, 0.2) is 0 Å². The fraction of sp³-hybridized carbons (Fsp3) is 0.500. The summed E-state index contributed by atoms with van der Waals surface area (Å²) in [5, 5.41) is 12.7. The summed E-state index contributed by atoms with van der Waals surface area (Å²) in [6.45, 7) is 10.1. The third-order valence-electron chi connectivity index (χ3n) is 8.16. The van der Waals surface area contributed by atoms with E-state index in [9.17, 15) is 9.90 Å². The zero-order valence-corrected chi connectivity index (χ0v) is 22.5. The van der Waals surface area contributed by atoms with Gasteiger partial charge in [0.25, 0.3) is 0 Å². The molecule has 2 aromatic rings. The fourth-order valence-electron chi connectivity index (χ4n) is 6.08. The van der Waals surface area contributed by atoms with Crippen LogP contribution in [0.4, 0.5) is 0 Å². The number of piperidine rings is 1. The molecule has 2 fully saturated rings. The predicted molar refractivity (Wildman–Crippen MR) is 145 cm³/mol. The van der Waals surface area contributed by atoms with Crippen LogP contribution in [0.15, 0.2) is 61.2 Å². The van der Waals surface area contributed by atoms with E-state index in [-0.39, 0.29) is 23.9 Å². The summed E-state index contributed by atoms with van der Waals surface area (Å²) in [7, 11) is 0. The Morgan fingerprint density at radius 3 is 2.43 bits per heavy atom. The largest absolute Gasteiger partial charge is 0.390 e. The first kappa shape index (κ1) is 26.3. The lowest BCUT2D eigenvalue weighted by atomic mass is 9.66. The second kappa shape index (κ2) is 10.3. The van der Waals surface area contributed by atoms with Gasteiger partial charge in [-0.1, -0.05) is 67.4 Å². The van der Waals surface area contributed by atoms with Crippen LogP contribution in [0.1, 0.15) is 82.4 Å². The molecular weight excluding hydrogens is 477 g/mol. The van der Waals surface area contributed by atoms with E-state index in [4.69, 9.17) is 23.2 Å². The molecule has 0 spiro atoms. The van der Waals surface area contributed by atoms with E-state index in [1.54, 1.807) is 0 Å². The van der Waals surface area contributed by atoms with Crippen LogP contribution in [0.2, 0.25) is 10.0 Å². The number of hydrogen-bond acceptors (Lipinski definition) is 2. The van der Waals surface area contributed by atoms with Gasteiger partial charge in [-0.2, -0.15) is 0 Å². The van der Waals surface area contributed by atoms with Crippen LogP contribution in [0.3, 0.4) is 0 Å². The number of likely N-dealkylation sites (tertiary alicyclic amines) is 1. The first-order valence-electron chi connectivity index (χ1n) is 12.8. The smallest absolute Gasteiger partial charge is 0.229 e. The molecule has 3 nitrogen and oxygen atoms in total. The van der Waals surface area contributed by atoms with Crippen molar-refractivity contribution in [3.8, 4) is 0 Å². The van der Waals surface area contributed by atoms with E-state index in [2.05, 4.69) is 31.4 Å². The first-order chi connectivity index (χ1) is 16.6. The Hall–Kier alpha value is -1.81. The number of amides is 1. The molecule has 5 atom stereocenters. The molecule has 4 rings (SSSR count). The van der Waals surface area contributed by atoms with Crippen LogP contribution in [0.5, 0.6) is 0 Å². The molecule has 1 saturated carbocycles. The Morgan fingerprint density at radius 1 is 1.17 bits per heavy atom. The van der Waals surface area contributed by atoms with Gasteiger partial charge in [0.2, 0.25) is 5.91 Å². The van der Waals surface area contributed by atoms with Crippen molar-refractivity contribution in [1.82, 2.24) is 4.90 Å². The molecular formula is C30H37Cl2NO2. The Labute approximate surface area is 220 Å². The van der Waals surface area contributed by atoms with Gasteiger partial charge >= 0.3 is 0 Å². The van der Waals surface area contributed by atoms with Gasteiger partial charge in [0.1, 0.15) is 0 Å². The third-order valence-corrected chi connectivity index (χ3v) is 8.64. The molecule has 2 aliphatic rings. The summed E-state index contributed by atoms with van der Waals surface area (Å²) in [5.41, 5.74) is 0.798. The SMILES string of the molecule is C=CC[C@@]1(C)C[C@H](c2cccc(Cl)c2)[C@@H](c2ccc(Cl)cc2)N(C(CC)C[C@](C)(O)C2CC2)C1=O. The minimum Gasteiger partial charge on any atom is -0.390 e.